The number of hydrogen-bond donors (Lipinski definition) is 1. The van der Waals surface area contributed by atoms with Gasteiger partial charge >= 0.3 is 5.97 Å². The van der Waals surface area contributed by atoms with Gasteiger partial charge in [-0.3, -0.25) is 4.79 Å². The number of carbonyl (C=O) groups is 1. The first-order chi connectivity index (χ1) is 17.6. The zero-order chi connectivity index (χ0) is 27.0. The van der Waals surface area contributed by atoms with E-state index in [4.69, 9.17) is 19.3 Å². The topological polar surface area (TPSA) is 65.0 Å². The molecule has 7 heteroatoms. The predicted octanol–water partition coefficient (Wildman–Crippen LogP) is 6.98. The minimum Gasteiger partial charge on any atom is -0.486 e. The van der Waals surface area contributed by atoms with E-state index in [9.17, 15) is 13.6 Å². The van der Waals surface area contributed by atoms with E-state index in [0.717, 1.165) is 11.1 Å². The monoisotopic (exact) mass is 512 g/mol. The maximum Gasteiger partial charge on any atom is 0.303 e. The smallest absolute Gasteiger partial charge is 0.303 e. The van der Waals surface area contributed by atoms with Crippen LogP contribution in [0, 0.1) is 17.0 Å². The molecule has 0 aliphatic rings. The Morgan fingerprint density at radius 2 is 1.73 bits per heavy atom. The number of halogens is 2. The van der Waals surface area contributed by atoms with Crippen molar-refractivity contribution in [2.24, 2.45) is 5.41 Å². The summed E-state index contributed by atoms with van der Waals surface area (Å²) in [7, 11) is 1.61. The highest BCUT2D eigenvalue weighted by Crippen LogP contribution is 2.42. The summed E-state index contributed by atoms with van der Waals surface area (Å²) in [5.74, 6) is -1.85. The Kier molecular flexibility index (Phi) is 9.78. The van der Waals surface area contributed by atoms with Crippen molar-refractivity contribution in [2.45, 2.75) is 46.3 Å². The van der Waals surface area contributed by atoms with Gasteiger partial charge in [-0.1, -0.05) is 63.2 Å². The average molecular weight is 513 g/mol. The fraction of sp³-hybridized carbons (Fsp3) is 0.367. The SMILES string of the molecule is COCCO[C@@H](c1cc(COc2cccc(CCC(=O)O)c2F)ccc1-c1ccccc1F)C(C)(C)C. The lowest BCUT2D eigenvalue weighted by molar-refractivity contribution is -0.136. The van der Waals surface area contributed by atoms with E-state index in [1.54, 1.807) is 37.4 Å². The lowest BCUT2D eigenvalue weighted by Gasteiger charge is -2.33. The molecule has 0 unspecified atom stereocenters. The van der Waals surface area contributed by atoms with Crippen molar-refractivity contribution in [3.63, 3.8) is 0 Å². The molecule has 1 atom stereocenters. The summed E-state index contributed by atoms with van der Waals surface area (Å²) in [6.45, 7) is 7.01. The van der Waals surface area contributed by atoms with Gasteiger partial charge in [-0.05, 0) is 52.3 Å². The number of ether oxygens (including phenoxy) is 3. The molecule has 3 aromatic carbocycles. The molecule has 3 aromatic rings. The number of methoxy groups -OCH3 is 1. The van der Waals surface area contributed by atoms with Gasteiger partial charge in [0, 0.05) is 19.1 Å². The number of rotatable bonds is 12. The minimum atomic E-state index is -0.991. The highest BCUT2D eigenvalue weighted by atomic mass is 19.1. The first-order valence-corrected chi connectivity index (χ1v) is 12.2. The van der Waals surface area contributed by atoms with Crippen molar-refractivity contribution in [1.29, 1.82) is 0 Å². The Balaban J connectivity index is 1.96. The van der Waals surface area contributed by atoms with Crippen LogP contribution >= 0.6 is 0 Å². The average Bonchev–Trinajstić information content (AvgIpc) is 2.85. The van der Waals surface area contributed by atoms with E-state index >= 15 is 0 Å². The molecule has 0 amide bonds. The van der Waals surface area contributed by atoms with Crippen molar-refractivity contribution < 1.29 is 32.9 Å². The summed E-state index contributed by atoms with van der Waals surface area (Å²) in [6.07, 6.45) is -0.474. The molecule has 0 fully saturated rings. The molecule has 198 valence electrons. The normalized spacial score (nSPS) is 12.4. The van der Waals surface area contributed by atoms with Crippen LogP contribution in [0.5, 0.6) is 5.75 Å². The van der Waals surface area contributed by atoms with E-state index in [-0.39, 0.29) is 48.1 Å². The first-order valence-electron chi connectivity index (χ1n) is 12.2. The molecule has 1 N–H and O–H groups in total. The van der Waals surface area contributed by atoms with Gasteiger partial charge in [0.1, 0.15) is 12.4 Å². The highest BCUT2D eigenvalue weighted by Gasteiger charge is 2.30. The molecule has 0 bridgehead atoms. The molecule has 5 nitrogen and oxygen atoms in total. The summed E-state index contributed by atoms with van der Waals surface area (Å²) < 4.78 is 46.9. The number of carboxylic acid groups (broad SMARTS) is 1. The molecular weight excluding hydrogens is 478 g/mol. The van der Waals surface area contributed by atoms with Crippen LogP contribution < -0.4 is 4.74 Å². The van der Waals surface area contributed by atoms with Gasteiger partial charge in [0.05, 0.1) is 19.3 Å². The Hall–Kier alpha value is -3.29. The lowest BCUT2D eigenvalue weighted by atomic mass is 9.81. The molecule has 0 saturated heterocycles. The Morgan fingerprint density at radius 1 is 0.973 bits per heavy atom. The Labute approximate surface area is 217 Å². The van der Waals surface area contributed by atoms with E-state index in [2.05, 4.69) is 20.8 Å². The number of hydrogen-bond acceptors (Lipinski definition) is 4. The van der Waals surface area contributed by atoms with Gasteiger partial charge in [0.15, 0.2) is 11.6 Å². The zero-order valence-electron chi connectivity index (χ0n) is 21.7. The van der Waals surface area contributed by atoms with E-state index in [1.807, 2.05) is 18.2 Å². The second kappa shape index (κ2) is 12.8. The Bertz CT molecular complexity index is 1200. The second-order valence-electron chi connectivity index (χ2n) is 9.92. The molecule has 0 aliphatic carbocycles. The third kappa shape index (κ3) is 7.60. The van der Waals surface area contributed by atoms with Crippen molar-refractivity contribution in [1.82, 2.24) is 0 Å². The third-order valence-corrected chi connectivity index (χ3v) is 5.97. The van der Waals surface area contributed by atoms with Crippen LogP contribution in [0.3, 0.4) is 0 Å². The van der Waals surface area contributed by atoms with Crippen molar-refractivity contribution in [3.8, 4) is 16.9 Å². The highest BCUT2D eigenvalue weighted by molar-refractivity contribution is 5.69. The molecule has 0 radical (unpaired) electrons. The minimum absolute atomic E-state index is 0.0475. The summed E-state index contributed by atoms with van der Waals surface area (Å²) in [5, 5.41) is 8.91. The predicted molar refractivity (Wildman–Crippen MR) is 139 cm³/mol. The van der Waals surface area contributed by atoms with Gasteiger partial charge in [-0.15, -0.1) is 0 Å². The molecule has 0 aliphatic heterocycles. The number of benzene rings is 3. The fourth-order valence-electron chi connectivity index (χ4n) is 4.16. The van der Waals surface area contributed by atoms with Crippen LogP contribution in [0.25, 0.3) is 11.1 Å². The van der Waals surface area contributed by atoms with Gasteiger partial charge in [-0.25, -0.2) is 8.78 Å². The maximum absolute atomic E-state index is 14.9. The summed E-state index contributed by atoms with van der Waals surface area (Å²) in [5.41, 5.74) is 2.70. The van der Waals surface area contributed by atoms with Crippen molar-refractivity contribution in [3.05, 3.63) is 89.0 Å². The van der Waals surface area contributed by atoms with E-state index < -0.39 is 11.8 Å². The van der Waals surface area contributed by atoms with Crippen LogP contribution in [0.15, 0.2) is 60.7 Å². The van der Waals surface area contributed by atoms with Crippen molar-refractivity contribution >= 4 is 5.97 Å². The zero-order valence-corrected chi connectivity index (χ0v) is 21.7. The van der Waals surface area contributed by atoms with Crippen LogP contribution in [0.1, 0.15) is 50.0 Å². The van der Waals surface area contributed by atoms with Gasteiger partial charge in [0.2, 0.25) is 0 Å². The summed E-state index contributed by atoms with van der Waals surface area (Å²) in [4.78, 5) is 10.9. The Morgan fingerprint density at radius 3 is 2.41 bits per heavy atom. The number of carboxylic acids is 1. The third-order valence-electron chi connectivity index (χ3n) is 5.97. The molecule has 0 spiro atoms. The maximum atomic E-state index is 14.9. The quantitative estimate of drug-likeness (QED) is 0.265. The standard InChI is InChI=1S/C30H34F2O5/c1-30(2,3)29(36-17-16-35-4)24-18-20(12-14-22(24)23-9-5-6-10-25(23)31)19-37-26-11-7-8-21(28(26)32)13-15-27(33)34/h5-12,14,18,29H,13,15-17,19H2,1-4H3,(H,33,34)/t29-/m0/s1. The summed E-state index contributed by atoms with van der Waals surface area (Å²) in [6, 6.07) is 16.9. The first kappa shape index (κ1) is 28.3. The van der Waals surface area contributed by atoms with E-state index in [1.165, 1.54) is 12.1 Å². The molecule has 3 rings (SSSR count). The molecular formula is C30H34F2O5. The molecule has 0 aromatic heterocycles. The summed E-state index contributed by atoms with van der Waals surface area (Å²) >= 11 is 0. The lowest BCUT2D eigenvalue weighted by Crippen LogP contribution is -2.24. The van der Waals surface area contributed by atoms with Gasteiger partial charge in [-0.2, -0.15) is 0 Å². The van der Waals surface area contributed by atoms with Gasteiger partial charge < -0.3 is 19.3 Å². The van der Waals surface area contributed by atoms with Crippen LogP contribution in [0.2, 0.25) is 0 Å². The van der Waals surface area contributed by atoms with E-state index in [0.29, 0.717) is 24.3 Å². The van der Waals surface area contributed by atoms with Gasteiger partial charge in [0.25, 0.3) is 0 Å². The second-order valence-corrected chi connectivity index (χ2v) is 9.92. The van der Waals surface area contributed by atoms with Crippen LogP contribution in [-0.4, -0.2) is 31.4 Å². The fourth-order valence-corrected chi connectivity index (χ4v) is 4.16. The van der Waals surface area contributed by atoms with Crippen LogP contribution in [-0.2, 0) is 27.3 Å². The van der Waals surface area contributed by atoms with Crippen molar-refractivity contribution in [2.75, 3.05) is 20.3 Å². The largest absolute Gasteiger partial charge is 0.486 e. The number of aryl methyl sites for hydroxylation is 1. The molecule has 0 saturated carbocycles. The number of aliphatic carboxylic acids is 1. The molecule has 0 heterocycles. The van der Waals surface area contributed by atoms with Crippen LogP contribution in [0.4, 0.5) is 8.78 Å². The molecule has 37 heavy (non-hydrogen) atoms.